The number of phenols is 3. The molecule has 570 valence electrons. The predicted molar refractivity (Wildman–Crippen MR) is 381 cm³/mol. The smallest absolute Gasteiger partial charge is 0.326 e. The number of benzene rings is 3. The summed E-state index contributed by atoms with van der Waals surface area (Å²) in [4.78, 5) is 194. The minimum absolute atomic E-state index is 0.0107. The number of imidazole rings is 2. The number of amides is 12. The van der Waals surface area contributed by atoms with Crippen LogP contribution in [0, 0.1) is 23.7 Å². The molecule has 13 atom stereocenters. The van der Waals surface area contributed by atoms with Crippen molar-refractivity contribution >= 4 is 76.9 Å². The van der Waals surface area contributed by atoms with Crippen LogP contribution in [-0.2, 0) is 94.4 Å². The summed E-state index contributed by atoms with van der Waals surface area (Å²) in [6, 6.07) is 1.41. The second kappa shape index (κ2) is 41.0. The largest absolute Gasteiger partial charge is 0.508 e. The van der Waals surface area contributed by atoms with E-state index < -0.39 is 174 Å². The van der Waals surface area contributed by atoms with E-state index in [0.717, 1.165) is 0 Å². The Bertz CT molecular complexity index is 3750. The van der Waals surface area contributed by atoms with Crippen molar-refractivity contribution in [2.45, 2.75) is 187 Å². The van der Waals surface area contributed by atoms with Crippen LogP contribution in [0.25, 0.3) is 0 Å². The Labute approximate surface area is 607 Å². The Morgan fingerprint density at radius 3 is 1.22 bits per heavy atom. The van der Waals surface area contributed by atoms with Crippen molar-refractivity contribution in [1.82, 2.24) is 78.4 Å². The maximum absolute atomic E-state index is 14.5. The van der Waals surface area contributed by atoms with E-state index in [0.29, 0.717) is 40.9 Å². The molecule has 0 aliphatic carbocycles. The molecule has 0 fully saturated rings. The van der Waals surface area contributed by atoms with Crippen molar-refractivity contribution in [3.05, 3.63) is 126 Å². The summed E-state index contributed by atoms with van der Waals surface area (Å²) in [5.41, 5.74) is 14.2. The third-order valence-electron chi connectivity index (χ3n) is 17.4. The van der Waals surface area contributed by atoms with E-state index in [1.165, 1.54) is 119 Å². The number of carboxylic acid groups (broad SMARTS) is 1. The van der Waals surface area contributed by atoms with Crippen LogP contribution < -0.4 is 70.0 Å². The molecule has 34 heteroatoms. The van der Waals surface area contributed by atoms with Gasteiger partial charge in [-0.2, -0.15) is 0 Å². The number of nitrogens with two attached hydrogens (primary N) is 2. The van der Waals surface area contributed by atoms with Gasteiger partial charge in [-0.25, -0.2) is 14.8 Å². The quantitative estimate of drug-likeness (QED) is 0.0219. The minimum atomic E-state index is -1.80. The van der Waals surface area contributed by atoms with Crippen molar-refractivity contribution in [2.75, 3.05) is 6.54 Å². The molecule has 21 N–H and O–H groups in total. The third-order valence-corrected chi connectivity index (χ3v) is 17.4. The van der Waals surface area contributed by atoms with Crippen molar-refractivity contribution in [2.24, 2.45) is 35.1 Å². The van der Waals surface area contributed by atoms with E-state index in [2.05, 4.69) is 78.4 Å². The van der Waals surface area contributed by atoms with E-state index in [4.69, 9.17) is 11.5 Å². The number of aliphatic carboxylic acids is 1. The van der Waals surface area contributed by atoms with E-state index >= 15 is 0 Å². The summed E-state index contributed by atoms with van der Waals surface area (Å²) >= 11 is 0. The van der Waals surface area contributed by atoms with Gasteiger partial charge < -0.3 is 100 Å². The number of H-pyrrole nitrogens is 2. The number of aromatic amines is 2. The molecule has 2 heterocycles. The molecule has 0 saturated carbocycles. The lowest BCUT2D eigenvalue weighted by molar-refractivity contribution is -0.142. The molecule has 3 aromatic carbocycles. The lowest BCUT2D eigenvalue weighted by Crippen LogP contribution is -2.61. The average Bonchev–Trinajstić information content (AvgIpc) is 1.18. The number of nitrogens with zero attached hydrogens (tertiary/aromatic N) is 2. The fourth-order valence-corrected chi connectivity index (χ4v) is 10.9. The van der Waals surface area contributed by atoms with Crippen LogP contribution in [0.3, 0.4) is 0 Å². The molecule has 34 nitrogen and oxygen atoms in total. The van der Waals surface area contributed by atoms with E-state index in [-0.39, 0.29) is 61.7 Å². The number of aromatic hydroxyl groups is 3. The average molecular weight is 1460 g/mol. The van der Waals surface area contributed by atoms with Crippen molar-refractivity contribution < 1.29 is 82.8 Å². The van der Waals surface area contributed by atoms with Gasteiger partial charge in [-0.15, -0.1) is 0 Å². The Hall–Kier alpha value is -11.5. The first kappa shape index (κ1) is 84.2. The minimum Gasteiger partial charge on any atom is -0.508 e. The number of hydrogen-bond donors (Lipinski definition) is 19. The highest BCUT2D eigenvalue weighted by Crippen LogP contribution is 2.19. The van der Waals surface area contributed by atoms with Gasteiger partial charge in [0.15, 0.2) is 0 Å². The van der Waals surface area contributed by atoms with Crippen LogP contribution >= 0.6 is 0 Å². The zero-order chi connectivity index (χ0) is 77.8. The van der Waals surface area contributed by atoms with Crippen LogP contribution in [0.5, 0.6) is 17.2 Å². The summed E-state index contributed by atoms with van der Waals surface area (Å²) in [6.07, 6.45) is 4.92. The number of carbonyl (C=O) groups is 13. The SMILES string of the molecule is CC[C@H](C)[C@H](NC(=O)[C@H](Cc1ccc(O)cc1)NC(=O)[C@H](CC(N)=O)NC(=O)[C@@H](NC(=O)[C@H](C)NC(=O)CNC(=O)[C@H](CC(C)C)NC(=O)[C@H](Cc1ccc(O)cc1)NC(=O)[C@@H](NC(=O)[C@H](Cc1cnc[nH]1)NC(=O)[C@@H](N)Cc1cnc[nH]1)[C@@H](C)CC)C(C)C)C(=O)N[C@@H](Cc1ccc(O)cc1)C(=O)O. The zero-order valence-electron chi connectivity index (χ0n) is 60.1. The fraction of sp³-hybridized carbons (Fsp3) is 0.479. The van der Waals surface area contributed by atoms with Crippen LogP contribution in [0.15, 0.2) is 97.8 Å². The van der Waals surface area contributed by atoms with Gasteiger partial charge in [0.05, 0.1) is 31.7 Å². The molecular weight excluding hydrogens is 1360 g/mol. The molecule has 0 radical (unpaired) electrons. The maximum atomic E-state index is 14.5. The molecule has 0 aliphatic heterocycles. The number of phenolic OH excluding ortho intramolecular Hbond substituents is 3. The first-order valence-corrected chi connectivity index (χ1v) is 34.5. The number of carboxylic acids is 1. The Kier molecular flexibility index (Phi) is 32.9. The first-order chi connectivity index (χ1) is 49.6. The summed E-state index contributed by atoms with van der Waals surface area (Å²) in [5.74, 6) is -14.7. The molecule has 2 aromatic heterocycles. The first-order valence-electron chi connectivity index (χ1n) is 34.5. The zero-order valence-corrected chi connectivity index (χ0v) is 60.1. The lowest BCUT2D eigenvalue weighted by atomic mass is 9.96. The van der Waals surface area contributed by atoms with Gasteiger partial charge in [0.25, 0.3) is 0 Å². The monoisotopic (exact) mass is 1460 g/mol. The number of rotatable bonds is 42. The summed E-state index contributed by atoms with van der Waals surface area (Å²) in [5, 5.41) is 68.2. The number of hydrogen-bond acceptors (Lipinski definition) is 19. The molecule has 0 aliphatic rings. The lowest BCUT2D eigenvalue weighted by Gasteiger charge is -2.29. The van der Waals surface area contributed by atoms with E-state index in [1.807, 2.05) is 0 Å². The van der Waals surface area contributed by atoms with Gasteiger partial charge >= 0.3 is 5.97 Å². The molecule has 105 heavy (non-hydrogen) atoms. The number of aromatic nitrogens is 4. The van der Waals surface area contributed by atoms with Crippen LogP contribution in [0.1, 0.15) is 116 Å². The Morgan fingerprint density at radius 1 is 0.429 bits per heavy atom. The highest BCUT2D eigenvalue weighted by Gasteiger charge is 2.38. The van der Waals surface area contributed by atoms with Gasteiger partial charge in [0.1, 0.15) is 77.7 Å². The van der Waals surface area contributed by atoms with E-state index in [1.54, 1.807) is 41.5 Å². The van der Waals surface area contributed by atoms with Gasteiger partial charge in [-0.05, 0) is 90.1 Å². The number of primary amides is 1. The van der Waals surface area contributed by atoms with Crippen molar-refractivity contribution in [3.8, 4) is 17.2 Å². The van der Waals surface area contributed by atoms with E-state index in [9.17, 15) is 82.8 Å². The van der Waals surface area contributed by atoms with Crippen LogP contribution in [0.2, 0.25) is 0 Å². The Morgan fingerprint density at radius 2 is 0.800 bits per heavy atom. The molecule has 0 saturated heterocycles. The summed E-state index contributed by atoms with van der Waals surface area (Å²) < 4.78 is 0. The van der Waals surface area contributed by atoms with Gasteiger partial charge in [-0.3, -0.25) is 57.5 Å². The third kappa shape index (κ3) is 27.7. The normalized spacial score (nSPS) is 14.9. The standard InChI is InChI=1S/C71H99N17O17/c1-10-38(7)59(88-67(100)53(29-45-32-75-35-78-45)80-62(95)49(72)28-44-31-74-34-77-44)69(102)83-51(25-41-12-18-46(89)19-13-41)64(97)81-50(24-36(3)4)63(96)76-33-57(93)79-40(9)61(94)86-58(37(5)6)68(101)84-54(30-56(73)92)65(98)82-52(26-42-14-20-47(90)21-15-42)66(99)87-60(39(8)11-2)70(103)85-55(71(104)105)27-43-16-22-48(91)23-17-43/h12-23,31-32,34-40,49-55,58-60,89-91H,10-11,24-30,33,72H2,1-9H3,(H2,73,92)(H,74,77)(H,75,78)(H,76,96)(H,79,93)(H,80,95)(H,81,97)(H,82,98)(H,83,102)(H,84,101)(H,85,103)(H,86,94)(H,87,99)(H,88,100)(H,104,105)/t38-,39-,40-,49-,50-,51-,52-,53-,54-,55-,58-,59-,60-/m0/s1. The molecule has 12 amide bonds. The summed E-state index contributed by atoms with van der Waals surface area (Å²) in [6.45, 7) is 13.9. The second-order valence-electron chi connectivity index (χ2n) is 26.8. The molecular formula is C71H99N17O17. The van der Waals surface area contributed by atoms with Crippen molar-refractivity contribution in [1.29, 1.82) is 0 Å². The van der Waals surface area contributed by atoms with Crippen molar-refractivity contribution in [3.63, 3.8) is 0 Å². The molecule has 0 bridgehead atoms. The second-order valence-corrected chi connectivity index (χ2v) is 26.8. The van der Waals surface area contributed by atoms with Crippen LogP contribution in [-0.4, -0.2) is 190 Å². The van der Waals surface area contributed by atoms with Crippen LogP contribution in [0.4, 0.5) is 0 Å². The number of carbonyl (C=O) groups excluding carboxylic acids is 12. The highest BCUT2D eigenvalue weighted by atomic mass is 16.4. The molecule has 0 unspecified atom stereocenters. The number of nitrogens with one attached hydrogen (secondary N) is 13. The molecule has 0 spiro atoms. The summed E-state index contributed by atoms with van der Waals surface area (Å²) in [7, 11) is 0. The van der Waals surface area contributed by atoms with Gasteiger partial charge in [0.2, 0.25) is 70.9 Å². The maximum Gasteiger partial charge on any atom is 0.326 e. The Balaban J connectivity index is 1.26. The molecule has 5 aromatic rings. The topological polar surface area (TPSA) is 545 Å². The van der Waals surface area contributed by atoms with Gasteiger partial charge in [-0.1, -0.05) is 105 Å². The highest BCUT2D eigenvalue weighted by molar-refractivity contribution is 6.00. The predicted octanol–water partition coefficient (Wildman–Crippen LogP) is -1.17. The fourth-order valence-electron chi connectivity index (χ4n) is 10.9. The van der Waals surface area contributed by atoms with Gasteiger partial charge in [0, 0.05) is 55.9 Å². The molecule has 5 rings (SSSR count).